The molecule has 5 nitrogen and oxygen atoms in total. The van der Waals surface area contributed by atoms with Gasteiger partial charge >= 0.3 is 0 Å². The second-order valence-electron chi connectivity index (χ2n) is 4.83. The van der Waals surface area contributed by atoms with Crippen molar-refractivity contribution < 1.29 is 4.18 Å². The van der Waals surface area contributed by atoms with Crippen LogP contribution >= 0.6 is 12.0 Å². The van der Waals surface area contributed by atoms with Crippen LogP contribution in [-0.4, -0.2) is 38.6 Å². The maximum atomic E-state index is 5.35. The smallest absolute Gasteiger partial charge is 0.195 e. The van der Waals surface area contributed by atoms with Gasteiger partial charge in [-0.2, -0.15) is 0 Å². The summed E-state index contributed by atoms with van der Waals surface area (Å²) in [5.41, 5.74) is 2.26. The van der Waals surface area contributed by atoms with E-state index in [4.69, 9.17) is 4.18 Å². The molecule has 0 aliphatic carbocycles. The first-order chi connectivity index (χ1) is 10.3. The van der Waals surface area contributed by atoms with Crippen LogP contribution in [0.5, 0.6) is 0 Å². The predicted octanol–water partition coefficient (Wildman–Crippen LogP) is 2.92. The molecule has 1 aliphatic rings. The fourth-order valence-corrected chi connectivity index (χ4v) is 2.77. The Morgan fingerprint density at radius 1 is 1.43 bits per heavy atom. The maximum absolute atomic E-state index is 5.35. The first-order valence-corrected chi connectivity index (χ1v) is 8.32. The van der Waals surface area contributed by atoms with Crippen LogP contribution in [0.2, 0.25) is 0 Å². The van der Waals surface area contributed by atoms with Gasteiger partial charge < -0.3 is 19.7 Å². The Hall–Kier alpha value is -1.40. The zero-order chi connectivity index (χ0) is 14.9. The number of aliphatic imine (C=N–C) groups is 1. The average molecular weight is 308 g/mol. The number of unbranched alkanes of at least 4 members (excludes halogenated alkanes) is 1. The highest BCUT2D eigenvalue weighted by Gasteiger charge is 2.15. The molecule has 2 rings (SSSR count). The summed E-state index contributed by atoms with van der Waals surface area (Å²) < 4.78 is 5.35. The fraction of sp³-hybridized carbons (Fsp3) is 0.533. The van der Waals surface area contributed by atoms with E-state index in [0.717, 1.165) is 43.6 Å². The van der Waals surface area contributed by atoms with Crippen LogP contribution in [0.1, 0.15) is 19.8 Å². The molecule has 0 unspecified atom stereocenters. The lowest BCUT2D eigenvalue weighted by Crippen LogP contribution is -2.34. The van der Waals surface area contributed by atoms with Crippen molar-refractivity contribution in [1.82, 2.24) is 5.32 Å². The molecule has 1 aromatic rings. The highest BCUT2D eigenvalue weighted by atomic mass is 32.2. The molecule has 116 valence electrons. The Morgan fingerprint density at radius 3 is 3.00 bits per heavy atom. The van der Waals surface area contributed by atoms with Crippen LogP contribution < -0.4 is 15.5 Å². The number of anilines is 2. The van der Waals surface area contributed by atoms with Gasteiger partial charge in [-0.15, -0.1) is 0 Å². The molecule has 1 saturated heterocycles. The number of benzene rings is 1. The standard InChI is InChI=1S/C15H24N4OS/c1-3-4-9-17-15(16-2)18-13-7-5-6-8-14(13)19-10-11-20-21-12-19/h5-8H,3-4,9-12H2,1-2H3,(H2,16,17,18). The normalized spacial score (nSPS) is 15.9. The summed E-state index contributed by atoms with van der Waals surface area (Å²) in [5.74, 6) is 1.66. The minimum absolute atomic E-state index is 0.752. The first-order valence-electron chi connectivity index (χ1n) is 7.41. The largest absolute Gasteiger partial charge is 0.356 e. The molecule has 0 bridgehead atoms. The number of hydrogen-bond donors (Lipinski definition) is 2. The Labute approximate surface area is 131 Å². The van der Waals surface area contributed by atoms with E-state index in [9.17, 15) is 0 Å². The molecular formula is C15H24N4OS. The quantitative estimate of drug-likeness (QED) is 0.379. The van der Waals surface area contributed by atoms with Gasteiger partial charge in [-0.25, -0.2) is 0 Å². The molecule has 21 heavy (non-hydrogen) atoms. The third-order valence-corrected chi connectivity index (χ3v) is 4.03. The van der Waals surface area contributed by atoms with Crippen LogP contribution in [0.4, 0.5) is 11.4 Å². The second kappa shape index (κ2) is 8.79. The van der Waals surface area contributed by atoms with Gasteiger partial charge in [0.1, 0.15) is 0 Å². The van der Waals surface area contributed by atoms with Gasteiger partial charge in [0.15, 0.2) is 5.96 Å². The van der Waals surface area contributed by atoms with E-state index in [-0.39, 0.29) is 0 Å². The van der Waals surface area contributed by atoms with Crippen molar-refractivity contribution in [2.45, 2.75) is 19.8 Å². The molecule has 1 fully saturated rings. The van der Waals surface area contributed by atoms with Crippen molar-refractivity contribution in [3.63, 3.8) is 0 Å². The van der Waals surface area contributed by atoms with Gasteiger partial charge in [-0.3, -0.25) is 4.99 Å². The molecule has 0 spiro atoms. The van der Waals surface area contributed by atoms with Crippen LogP contribution in [0.25, 0.3) is 0 Å². The SMILES string of the molecule is CCCCNC(=NC)Nc1ccccc1N1CCOSC1. The zero-order valence-electron chi connectivity index (χ0n) is 12.8. The first kappa shape index (κ1) is 16.0. The van der Waals surface area contributed by atoms with E-state index in [1.165, 1.54) is 24.2 Å². The molecular weight excluding hydrogens is 284 g/mol. The average Bonchev–Trinajstić information content (AvgIpc) is 2.55. The third kappa shape index (κ3) is 4.82. The van der Waals surface area contributed by atoms with Crippen molar-refractivity contribution in [2.24, 2.45) is 4.99 Å². The van der Waals surface area contributed by atoms with Gasteiger partial charge in [0, 0.05) is 32.2 Å². The fourth-order valence-electron chi connectivity index (χ4n) is 2.11. The maximum Gasteiger partial charge on any atom is 0.195 e. The number of rotatable bonds is 5. The molecule has 2 N–H and O–H groups in total. The van der Waals surface area contributed by atoms with Crippen LogP contribution in [0, 0.1) is 0 Å². The van der Waals surface area contributed by atoms with E-state index in [1.54, 1.807) is 7.05 Å². The van der Waals surface area contributed by atoms with Crippen LogP contribution in [0.3, 0.4) is 0 Å². The van der Waals surface area contributed by atoms with E-state index < -0.39 is 0 Å². The summed E-state index contributed by atoms with van der Waals surface area (Å²) in [6.45, 7) is 4.78. The highest BCUT2D eigenvalue weighted by Crippen LogP contribution is 2.28. The monoisotopic (exact) mass is 308 g/mol. The molecule has 0 atom stereocenters. The second-order valence-corrected chi connectivity index (χ2v) is 5.56. The Morgan fingerprint density at radius 2 is 2.29 bits per heavy atom. The summed E-state index contributed by atoms with van der Waals surface area (Å²) in [6.07, 6.45) is 2.31. The molecule has 0 saturated carbocycles. The van der Waals surface area contributed by atoms with E-state index >= 15 is 0 Å². The summed E-state index contributed by atoms with van der Waals surface area (Å²) in [4.78, 5) is 6.60. The molecule has 1 aromatic carbocycles. The summed E-state index contributed by atoms with van der Waals surface area (Å²) >= 11 is 1.50. The number of hydrogen-bond acceptors (Lipinski definition) is 4. The number of nitrogens with zero attached hydrogens (tertiary/aromatic N) is 2. The Bertz CT molecular complexity index is 461. The highest BCUT2D eigenvalue weighted by molar-refractivity contribution is 7.94. The van der Waals surface area contributed by atoms with E-state index in [2.05, 4.69) is 45.6 Å². The van der Waals surface area contributed by atoms with E-state index in [0.29, 0.717) is 0 Å². The van der Waals surface area contributed by atoms with Crippen molar-refractivity contribution in [3.8, 4) is 0 Å². The topological polar surface area (TPSA) is 48.9 Å². The number of guanidine groups is 1. The lowest BCUT2D eigenvalue weighted by molar-refractivity contribution is 0.367. The van der Waals surface area contributed by atoms with Gasteiger partial charge in [-0.05, 0) is 18.6 Å². The zero-order valence-corrected chi connectivity index (χ0v) is 13.6. The molecule has 0 radical (unpaired) electrons. The van der Waals surface area contributed by atoms with Gasteiger partial charge in [0.2, 0.25) is 0 Å². The third-order valence-electron chi connectivity index (χ3n) is 3.28. The molecule has 0 aromatic heterocycles. The van der Waals surface area contributed by atoms with Gasteiger partial charge in [0.05, 0.1) is 23.9 Å². The van der Waals surface area contributed by atoms with Gasteiger partial charge in [0.25, 0.3) is 0 Å². The minimum Gasteiger partial charge on any atom is -0.356 e. The number of nitrogens with one attached hydrogen (secondary N) is 2. The lowest BCUT2D eigenvalue weighted by Gasteiger charge is -2.29. The molecule has 0 amide bonds. The Balaban J connectivity index is 2.04. The number of para-hydroxylation sites is 2. The summed E-state index contributed by atoms with van der Waals surface area (Å²) in [7, 11) is 1.80. The molecule has 6 heteroatoms. The lowest BCUT2D eigenvalue weighted by atomic mass is 10.2. The van der Waals surface area contributed by atoms with Crippen molar-refractivity contribution in [3.05, 3.63) is 24.3 Å². The predicted molar refractivity (Wildman–Crippen MR) is 92.1 cm³/mol. The van der Waals surface area contributed by atoms with Crippen LogP contribution in [-0.2, 0) is 4.18 Å². The molecule has 1 heterocycles. The van der Waals surface area contributed by atoms with Crippen molar-refractivity contribution in [2.75, 3.05) is 42.8 Å². The van der Waals surface area contributed by atoms with Crippen molar-refractivity contribution in [1.29, 1.82) is 0 Å². The van der Waals surface area contributed by atoms with Crippen LogP contribution in [0.15, 0.2) is 29.3 Å². The molecule has 1 aliphatic heterocycles. The minimum atomic E-state index is 0.752. The Kier molecular flexibility index (Phi) is 6.69. The van der Waals surface area contributed by atoms with Gasteiger partial charge in [-0.1, -0.05) is 25.5 Å². The van der Waals surface area contributed by atoms with E-state index in [1.807, 2.05) is 6.07 Å². The van der Waals surface area contributed by atoms with Crippen molar-refractivity contribution >= 4 is 29.4 Å². The summed E-state index contributed by atoms with van der Waals surface area (Å²) in [6, 6.07) is 8.32. The summed E-state index contributed by atoms with van der Waals surface area (Å²) in [5, 5.41) is 6.74.